The first-order chi connectivity index (χ1) is 9.26. The lowest BCUT2D eigenvalue weighted by molar-refractivity contribution is 0.159. The summed E-state index contributed by atoms with van der Waals surface area (Å²) in [5, 5.41) is 4.42. The minimum atomic E-state index is 0.0257. The second-order valence-electron chi connectivity index (χ2n) is 4.55. The van der Waals surface area contributed by atoms with Gasteiger partial charge in [0.2, 0.25) is 0 Å². The van der Waals surface area contributed by atoms with Gasteiger partial charge in [-0.15, -0.1) is 0 Å². The van der Waals surface area contributed by atoms with Gasteiger partial charge in [-0.1, -0.05) is 25.1 Å². The Hall–Kier alpha value is -1.65. The quantitative estimate of drug-likeness (QED) is 0.858. The predicted octanol–water partition coefficient (Wildman–Crippen LogP) is 1.63. The van der Waals surface area contributed by atoms with Gasteiger partial charge in [-0.25, -0.2) is 0 Å². The van der Waals surface area contributed by atoms with Crippen molar-refractivity contribution in [2.75, 3.05) is 20.3 Å². The highest BCUT2D eigenvalue weighted by Crippen LogP contribution is 2.11. The number of fused-ring (bicyclic) bond motifs is 1. The van der Waals surface area contributed by atoms with Crippen molar-refractivity contribution in [3.63, 3.8) is 0 Å². The monoisotopic (exact) mass is 260 g/mol. The van der Waals surface area contributed by atoms with Crippen LogP contribution in [0, 0.1) is 0 Å². The van der Waals surface area contributed by atoms with Crippen LogP contribution in [0.2, 0.25) is 0 Å². The van der Waals surface area contributed by atoms with Crippen LogP contribution in [0.3, 0.4) is 0 Å². The molecular weight excluding hydrogens is 240 g/mol. The van der Waals surface area contributed by atoms with Gasteiger partial charge in [0, 0.05) is 25.8 Å². The maximum atomic E-state index is 12.1. The third-order valence-electron chi connectivity index (χ3n) is 3.16. The van der Waals surface area contributed by atoms with E-state index in [2.05, 4.69) is 12.2 Å². The number of rotatable bonds is 6. The van der Waals surface area contributed by atoms with Crippen LogP contribution in [0.1, 0.15) is 6.92 Å². The Morgan fingerprint density at radius 2 is 2.05 bits per heavy atom. The highest BCUT2D eigenvalue weighted by atomic mass is 16.5. The molecule has 0 aliphatic rings. The molecule has 1 atom stereocenters. The van der Waals surface area contributed by atoms with E-state index in [4.69, 9.17) is 4.74 Å². The number of benzene rings is 1. The van der Waals surface area contributed by atoms with Crippen molar-refractivity contribution in [2.24, 2.45) is 0 Å². The molecular formula is C15H20N2O2. The number of hydrogen-bond acceptors (Lipinski definition) is 3. The van der Waals surface area contributed by atoms with Crippen molar-refractivity contribution < 1.29 is 4.74 Å². The molecule has 4 nitrogen and oxygen atoms in total. The van der Waals surface area contributed by atoms with E-state index < -0.39 is 0 Å². The largest absolute Gasteiger partial charge is 0.383 e. The van der Waals surface area contributed by atoms with E-state index in [-0.39, 0.29) is 11.6 Å². The minimum absolute atomic E-state index is 0.0257. The summed E-state index contributed by atoms with van der Waals surface area (Å²) >= 11 is 0. The molecule has 1 heterocycles. The first kappa shape index (κ1) is 13.8. The Bertz CT molecular complexity index is 586. The fourth-order valence-corrected chi connectivity index (χ4v) is 2.32. The Kier molecular flexibility index (Phi) is 4.71. The molecule has 0 bridgehead atoms. The molecule has 0 saturated heterocycles. The summed E-state index contributed by atoms with van der Waals surface area (Å²) in [7, 11) is 1.68. The molecule has 0 aliphatic heterocycles. The van der Waals surface area contributed by atoms with Gasteiger partial charge >= 0.3 is 0 Å². The Morgan fingerprint density at radius 3 is 2.79 bits per heavy atom. The number of ether oxygens (including phenoxy) is 1. The summed E-state index contributed by atoms with van der Waals surface area (Å²) in [5.74, 6) is 0. The lowest BCUT2D eigenvalue weighted by Gasteiger charge is -2.19. The highest BCUT2D eigenvalue weighted by Gasteiger charge is 2.10. The number of para-hydroxylation sites is 1. The van der Waals surface area contributed by atoms with Gasteiger partial charge in [0.1, 0.15) is 0 Å². The molecule has 2 rings (SSSR count). The van der Waals surface area contributed by atoms with E-state index in [1.54, 1.807) is 13.2 Å². The Labute approximate surface area is 113 Å². The number of methoxy groups -OCH3 is 1. The third-order valence-corrected chi connectivity index (χ3v) is 3.16. The molecule has 2 aromatic rings. The van der Waals surface area contributed by atoms with Crippen molar-refractivity contribution in [1.29, 1.82) is 0 Å². The van der Waals surface area contributed by atoms with Gasteiger partial charge in [-0.2, -0.15) is 0 Å². The summed E-state index contributed by atoms with van der Waals surface area (Å²) in [4.78, 5) is 12.1. The lowest BCUT2D eigenvalue weighted by atomic mass is 10.2. The molecule has 0 saturated carbocycles. The molecule has 0 fully saturated rings. The van der Waals surface area contributed by atoms with Crippen molar-refractivity contribution in [3.8, 4) is 0 Å². The molecule has 1 unspecified atom stereocenters. The maximum absolute atomic E-state index is 12.1. The average molecular weight is 260 g/mol. The van der Waals surface area contributed by atoms with Crippen LogP contribution in [-0.2, 0) is 11.3 Å². The number of nitrogens with zero attached hydrogens (tertiary/aromatic N) is 1. The molecule has 0 spiro atoms. The number of aromatic nitrogens is 1. The van der Waals surface area contributed by atoms with Crippen LogP contribution in [-0.4, -0.2) is 30.9 Å². The van der Waals surface area contributed by atoms with Crippen molar-refractivity contribution in [2.45, 2.75) is 19.5 Å². The van der Waals surface area contributed by atoms with Gasteiger partial charge in [0.15, 0.2) is 0 Å². The average Bonchev–Trinajstić information content (AvgIpc) is 2.42. The van der Waals surface area contributed by atoms with Crippen molar-refractivity contribution >= 4 is 10.9 Å². The maximum Gasteiger partial charge on any atom is 0.251 e. The molecule has 102 valence electrons. The number of pyridine rings is 1. The molecule has 1 aromatic heterocycles. The fraction of sp³-hybridized carbons (Fsp3) is 0.400. The van der Waals surface area contributed by atoms with Crippen LogP contribution in [0.15, 0.2) is 41.2 Å². The fourth-order valence-electron chi connectivity index (χ4n) is 2.32. The van der Waals surface area contributed by atoms with Gasteiger partial charge in [0.05, 0.1) is 12.1 Å². The lowest BCUT2D eigenvalue weighted by Crippen LogP contribution is -2.39. The van der Waals surface area contributed by atoms with Crippen LogP contribution >= 0.6 is 0 Å². The second kappa shape index (κ2) is 6.50. The van der Waals surface area contributed by atoms with Gasteiger partial charge in [-0.05, 0) is 24.1 Å². The summed E-state index contributed by atoms with van der Waals surface area (Å²) < 4.78 is 7.01. The van der Waals surface area contributed by atoms with Crippen LogP contribution < -0.4 is 10.9 Å². The summed E-state index contributed by atoms with van der Waals surface area (Å²) in [6, 6.07) is 11.6. The highest BCUT2D eigenvalue weighted by molar-refractivity contribution is 5.78. The Balaban J connectivity index is 2.37. The van der Waals surface area contributed by atoms with E-state index in [0.29, 0.717) is 13.2 Å². The van der Waals surface area contributed by atoms with E-state index >= 15 is 0 Å². The number of hydrogen-bond donors (Lipinski definition) is 1. The SMILES string of the molecule is CCNC(COC)Cn1c(=O)ccc2ccccc21. The zero-order valence-corrected chi connectivity index (χ0v) is 11.4. The Morgan fingerprint density at radius 1 is 1.26 bits per heavy atom. The van der Waals surface area contributed by atoms with Crippen LogP contribution in [0.5, 0.6) is 0 Å². The summed E-state index contributed by atoms with van der Waals surface area (Å²) in [6.45, 7) is 4.10. The standard InChI is InChI=1S/C15H20N2O2/c1-3-16-13(11-19-2)10-17-14-7-5-4-6-12(14)8-9-15(17)18/h4-9,13,16H,3,10-11H2,1-2H3. The van der Waals surface area contributed by atoms with Crippen molar-refractivity contribution in [3.05, 3.63) is 46.8 Å². The molecule has 0 aliphatic carbocycles. The van der Waals surface area contributed by atoms with Gasteiger partial charge < -0.3 is 14.6 Å². The molecule has 1 N–H and O–H groups in total. The zero-order valence-electron chi connectivity index (χ0n) is 11.4. The zero-order chi connectivity index (χ0) is 13.7. The van der Waals surface area contributed by atoms with Crippen molar-refractivity contribution in [1.82, 2.24) is 9.88 Å². The smallest absolute Gasteiger partial charge is 0.251 e. The molecule has 0 radical (unpaired) electrons. The van der Waals surface area contributed by atoms with E-state index in [0.717, 1.165) is 17.4 Å². The molecule has 1 aromatic carbocycles. The summed E-state index contributed by atoms with van der Waals surface area (Å²) in [5.41, 5.74) is 0.992. The topological polar surface area (TPSA) is 43.3 Å². The van der Waals surface area contributed by atoms with E-state index in [1.807, 2.05) is 34.9 Å². The van der Waals surface area contributed by atoms with Gasteiger partial charge in [0.25, 0.3) is 5.56 Å². The first-order valence-electron chi connectivity index (χ1n) is 6.57. The van der Waals surface area contributed by atoms with E-state index in [1.165, 1.54) is 0 Å². The minimum Gasteiger partial charge on any atom is -0.383 e. The molecule has 0 amide bonds. The number of nitrogens with one attached hydrogen (secondary N) is 1. The normalized spacial score (nSPS) is 12.7. The predicted molar refractivity (Wildman–Crippen MR) is 77.5 cm³/mol. The third kappa shape index (κ3) is 3.22. The van der Waals surface area contributed by atoms with Crippen LogP contribution in [0.25, 0.3) is 10.9 Å². The van der Waals surface area contributed by atoms with Crippen LogP contribution in [0.4, 0.5) is 0 Å². The van der Waals surface area contributed by atoms with E-state index in [9.17, 15) is 4.79 Å². The summed E-state index contributed by atoms with van der Waals surface area (Å²) in [6.07, 6.45) is 0. The van der Waals surface area contributed by atoms with Gasteiger partial charge in [-0.3, -0.25) is 4.79 Å². The first-order valence-corrected chi connectivity index (χ1v) is 6.57. The molecule has 19 heavy (non-hydrogen) atoms. The second-order valence-corrected chi connectivity index (χ2v) is 4.55. The number of likely N-dealkylation sites (N-methyl/N-ethyl adjacent to an activating group) is 1. The molecule has 4 heteroatoms.